The molecule has 21 heavy (non-hydrogen) atoms. The fourth-order valence-corrected chi connectivity index (χ4v) is 3.90. The van der Waals surface area contributed by atoms with Crippen LogP contribution in [0.3, 0.4) is 0 Å². The van der Waals surface area contributed by atoms with Crippen LogP contribution in [0.15, 0.2) is 30.3 Å². The van der Waals surface area contributed by atoms with E-state index in [1.165, 1.54) is 18.5 Å². The van der Waals surface area contributed by atoms with Gasteiger partial charge in [-0.2, -0.15) is 0 Å². The van der Waals surface area contributed by atoms with Crippen LogP contribution >= 0.6 is 0 Å². The number of carboxylic acids is 1. The van der Waals surface area contributed by atoms with Crippen LogP contribution in [0.4, 0.5) is 5.69 Å². The Balaban J connectivity index is 1.71. The van der Waals surface area contributed by atoms with Gasteiger partial charge in [0.25, 0.3) is 0 Å². The highest BCUT2D eigenvalue weighted by atomic mass is 16.4. The summed E-state index contributed by atoms with van der Waals surface area (Å²) in [5.41, 5.74) is 1.14. The van der Waals surface area contributed by atoms with Crippen molar-refractivity contribution in [3.8, 4) is 0 Å². The minimum atomic E-state index is -0.657. The van der Waals surface area contributed by atoms with Gasteiger partial charge in [-0.15, -0.1) is 0 Å². The SMILES string of the molecule is O=C(O)CC1(N2CCCC2)CCN(c2ccccc2)CC1. The summed E-state index contributed by atoms with van der Waals surface area (Å²) >= 11 is 0. The predicted octanol–water partition coefficient (Wildman–Crippen LogP) is 2.60. The number of carboxylic acid groups (broad SMARTS) is 1. The van der Waals surface area contributed by atoms with Crippen molar-refractivity contribution in [3.63, 3.8) is 0 Å². The summed E-state index contributed by atoms with van der Waals surface area (Å²) in [4.78, 5) is 16.2. The van der Waals surface area contributed by atoms with Gasteiger partial charge in [-0.3, -0.25) is 9.69 Å². The van der Waals surface area contributed by atoms with Crippen LogP contribution in [0.25, 0.3) is 0 Å². The highest BCUT2D eigenvalue weighted by Gasteiger charge is 2.42. The third-order valence-electron chi connectivity index (χ3n) is 5.07. The fraction of sp³-hybridized carbons (Fsp3) is 0.588. The van der Waals surface area contributed by atoms with Crippen LogP contribution < -0.4 is 4.90 Å². The quantitative estimate of drug-likeness (QED) is 0.925. The van der Waals surface area contributed by atoms with Gasteiger partial charge in [0, 0.05) is 24.3 Å². The van der Waals surface area contributed by atoms with Gasteiger partial charge in [0.05, 0.1) is 6.42 Å². The second kappa shape index (κ2) is 6.06. The van der Waals surface area contributed by atoms with Crippen molar-refractivity contribution in [2.75, 3.05) is 31.1 Å². The number of likely N-dealkylation sites (tertiary alicyclic amines) is 1. The molecule has 4 heteroatoms. The van der Waals surface area contributed by atoms with Crippen LogP contribution in [0.5, 0.6) is 0 Å². The number of piperidine rings is 1. The average Bonchev–Trinajstić information content (AvgIpc) is 3.03. The summed E-state index contributed by atoms with van der Waals surface area (Å²) in [7, 11) is 0. The molecular formula is C17H24N2O2. The minimum absolute atomic E-state index is 0.117. The number of benzene rings is 1. The van der Waals surface area contributed by atoms with Crippen molar-refractivity contribution < 1.29 is 9.90 Å². The Labute approximate surface area is 126 Å². The molecule has 1 aromatic rings. The predicted molar refractivity (Wildman–Crippen MR) is 83.7 cm³/mol. The largest absolute Gasteiger partial charge is 0.481 e. The molecule has 1 N–H and O–H groups in total. The van der Waals surface area contributed by atoms with E-state index >= 15 is 0 Å². The van der Waals surface area contributed by atoms with Gasteiger partial charge in [0.1, 0.15) is 0 Å². The maximum Gasteiger partial charge on any atom is 0.305 e. The molecular weight excluding hydrogens is 264 g/mol. The number of anilines is 1. The molecule has 3 rings (SSSR count). The summed E-state index contributed by atoms with van der Waals surface area (Å²) in [6, 6.07) is 10.4. The van der Waals surface area contributed by atoms with E-state index in [9.17, 15) is 9.90 Å². The van der Waals surface area contributed by atoms with E-state index in [-0.39, 0.29) is 12.0 Å². The van der Waals surface area contributed by atoms with Gasteiger partial charge in [-0.05, 0) is 50.9 Å². The van der Waals surface area contributed by atoms with Crippen LogP contribution in [-0.4, -0.2) is 47.7 Å². The number of nitrogens with zero attached hydrogens (tertiary/aromatic N) is 2. The molecule has 0 bridgehead atoms. The normalized spacial score (nSPS) is 22.4. The molecule has 2 aliphatic heterocycles. The maximum atomic E-state index is 11.3. The molecule has 0 atom stereocenters. The van der Waals surface area contributed by atoms with Crippen molar-refractivity contribution in [2.45, 2.75) is 37.6 Å². The van der Waals surface area contributed by atoms with E-state index in [0.29, 0.717) is 0 Å². The lowest BCUT2D eigenvalue weighted by Gasteiger charge is -2.47. The highest BCUT2D eigenvalue weighted by molar-refractivity contribution is 5.68. The van der Waals surface area contributed by atoms with E-state index in [4.69, 9.17) is 0 Å². The Kier molecular flexibility index (Phi) is 4.15. The average molecular weight is 288 g/mol. The Morgan fingerprint density at radius 1 is 1.05 bits per heavy atom. The summed E-state index contributed by atoms with van der Waals surface area (Å²) < 4.78 is 0. The molecule has 0 amide bonds. The van der Waals surface area contributed by atoms with Gasteiger partial charge < -0.3 is 10.0 Å². The van der Waals surface area contributed by atoms with Gasteiger partial charge >= 0.3 is 5.97 Å². The number of rotatable bonds is 4. The van der Waals surface area contributed by atoms with Crippen molar-refractivity contribution >= 4 is 11.7 Å². The molecule has 0 spiro atoms. The lowest BCUT2D eigenvalue weighted by Crippen LogP contribution is -2.55. The maximum absolute atomic E-state index is 11.3. The molecule has 0 radical (unpaired) electrons. The first-order chi connectivity index (χ1) is 10.2. The second-order valence-electron chi connectivity index (χ2n) is 6.31. The topological polar surface area (TPSA) is 43.8 Å². The molecule has 1 aromatic carbocycles. The van der Waals surface area contributed by atoms with Crippen LogP contribution in [-0.2, 0) is 4.79 Å². The molecule has 2 saturated heterocycles. The minimum Gasteiger partial charge on any atom is -0.481 e. The summed E-state index contributed by atoms with van der Waals surface area (Å²) in [6.07, 6.45) is 4.62. The molecule has 114 valence electrons. The lowest BCUT2D eigenvalue weighted by atomic mass is 9.82. The van der Waals surface area contributed by atoms with Crippen molar-refractivity contribution in [2.24, 2.45) is 0 Å². The van der Waals surface area contributed by atoms with Crippen molar-refractivity contribution in [1.82, 2.24) is 4.90 Å². The van der Waals surface area contributed by atoms with Gasteiger partial charge in [0.15, 0.2) is 0 Å². The van der Waals surface area contributed by atoms with Gasteiger partial charge in [-0.1, -0.05) is 18.2 Å². The fourth-order valence-electron chi connectivity index (χ4n) is 3.90. The zero-order valence-electron chi connectivity index (χ0n) is 12.5. The van der Waals surface area contributed by atoms with E-state index in [1.807, 2.05) is 6.07 Å². The first-order valence-electron chi connectivity index (χ1n) is 7.96. The third kappa shape index (κ3) is 3.05. The number of carbonyl (C=O) groups is 1. The summed E-state index contributed by atoms with van der Waals surface area (Å²) in [6.45, 7) is 4.04. The Morgan fingerprint density at radius 3 is 2.24 bits per heavy atom. The van der Waals surface area contributed by atoms with E-state index in [1.54, 1.807) is 0 Å². The van der Waals surface area contributed by atoms with Gasteiger partial charge in [0.2, 0.25) is 0 Å². The Hall–Kier alpha value is -1.55. The molecule has 0 aliphatic carbocycles. The Morgan fingerprint density at radius 2 is 1.67 bits per heavy atom. The third-order valence-corrected chi connectivity index (χ3v) is 5.07. The van der Waals surface area contributed by atoms with Crippen molar-refractivity contribution in [3.05, 3.63) is 30.3 Å². The molecule has 4 nitrogen and oxygen atoms in total. The number of para-hydroxylation sites is 1. The van der Waals surface area contributed by atoms with E-state index < -0.39 is 5.97 Å². The smallest absolute Gasteiger partial charge is 0.305 e. The standard InChI is InChI=1S/C17H24N2O2/c20-16(21)14-17(19-10-4-5-11-19)8-12-18(13-9-17)15-6-2-1-3-7-15/h1-3,6-7H,4-5,8-14H2,(H,20,21). The highest BCUT2D eigenvalue weighted by Crippen LogP contribution is 2.36. The monoisotopic (exact) mass is 288 g/mol. The molecule has 0 saturated carbocycles. The number of hydrogen-bond acceptors (Lipinski definition) is 3. The summed E-state index contributed by atoms with van der Waals surface area (Å²) in [5, 5.41) is 9.33. The first kappa shape index (κ1) is 14.4. The van der Waals surface area contributed by atoms with E-state index in [0.717, 1.165) is 39.0 Å². The molecule has 0 unspecified atom stereocenters. The molecule has 2 heterocycles. The molecule has 2 fully saturated rings. The van der Waals surface area contributed by atoms with Crippen LogP contribution in [0.2, 0.25) is 0 Å². The van der Waals surface area contributed by atoms with Crippen LogP contribution in [0, 0.1) is 0 Å². The number of aliphatic carboxylic acids is 1. The van der Waals surface area contributed by atoms with E-state index in [2.05, 4.69) is 34.1 Å². The second-order valence-corrected chi connectivity index (χ2v) is 6.31. The zero-order chi connectivity index (χ0) is 14.7. The molecule has 2 aliphatic rings. The molecule has 0 aromatic heterocycles. The zero-order valence-corrected chi connectivity index (χ0v) is 12.5. The summed E-state index contributed by atoms with van der Waals surface area (Å²) in [5.74, 6) is -0.657. The first-order valence-corrected chi connectivity index (χ1v) is 7.96. The van der Waals surface area contributed by atoms with Crippen LogP contribution in [0.1, 0.15) is 32.1 Å². The lowest BCUT2D eigenvalue weighted by molar-refractivity contribution is -0.140. The Bertz CT molecular complexity index is 475. The number of hydrogen-bond donors (Lipinski definition) is 1. The van der Waals surface area contributed by atoms with Crippen molar-refractivity contribution in [1.29, 1.82) is 0 Å². The van der Waals surface area contributed by atoms with Gasteiger partial charge in [-0.25, -0.2) is 0 Å².